The summed E-state index contributed by atoms with van der Waals surface area (Å²) in [6.45, 7) is 3.46. The fourth-order valence-electron chi connectivity index (χ4n) is 3.64. The standard InChI is InChI=1S/C28H21ClN4O3S/c1-17-8-13-22(33(35)36)14-25(17)31-27(34)18(2)37-28-24(16-30)23(19-9-11-21(29)12-10-19)15-26(32-28)20-6-4-3-5-7-20/h3-15,18H,1-2H3,(H,31,34). The summed E-state index contributed by atoms with van der Waals surface area (Å²) in [6, 6.07) is 25.2. The van der Waals surface area contributed by atoms with Crippen LogP contribution in [0.2, 0.25) is 5.02 Å². The van der Waals surface area contributed by atoms with Crippen LogP contribution in [0.1, 0.15) is 18.1 Å². The van der Waals surface area contributed by atoms with Gasteiger partial charge in [0.15, 0.2) is 0 Å². The molecule has 0 aliphatic rings. The number of carbonyl (C=O) groups excluding carboxylic acids is 1. The fourth-order valence-corrected chi connectivity index (χ4v) is 4.69. The molecule has 0 aliphatic carbocycles. The monoisotopic (exact) mass is 528 g/mol. The summed E-state index contributed by atoms with van der Waals surface area (Å²) < 4.78 is 0. The molecule has 0 saturated carbocycles. The molecule has 9 heteroatoms. The first-order valence-corrected chi connectivity index (χ1v) is 12.5. The number of nitriles is 1. The van der Waals surface area contributed by atoms with E-state index in [0.717, 1.165) is 22.9 Å². The van der Waals surface area contributed by atoms with Crippen LogP contribution < -0.4 is 5.32 Å². The minimum Gasteiger partial charge on any atom is -0.325 e. The van der Waals surface area contributed by atoms with E-state index in [4.69, 9.17) is 16.6 Å². The quantitative estimate of drug-likeness (QED) is 0.153. The number of anilines is 1. The Balaban J connectivity index is 1.71. The van der Waals surface area contributed by atoms with Gasteiger partial charge in [-0.1, -0.05) is 71.9 Å². The van der Waals surface area contributed by atoms with E-state index >= 15 is 0 Å². The summed E-state index contributed by atoms with van der Waals surface area (Å²) in [7, 11) is 0. The number of aromatic nitrogens is 1. The number of hydrogen-bond acceptors (Lipinski definition) is 6. The van der Waals surface area contributed by atoms with E-state index in [2.05, 4.69) is 11.4 Å². The zero-order valence-corrected chi connectivity index (χ0v) is 21.5. The number of aryl methyl sites for hydroxylation is 1. The highest BCUT2D eigenvalue weighted by atomic mass is 35.5. The van der Waals surface area contributed by atoms with Crippen molar-refractivity contribution in [3.05, 3.63) is 105 Å². The normalized spacial score (nSPS) is 11.4. The van der Waals surface area contributed by atoms with Crippen molar-refractivity contribution in [1.82, 2.24) is 4.98 Å². The molecule has 0 spiro atoms. The molecule has 37 heavy (non-hydrogen) atoms. The molecular weight excluding hydrogens is 508 g/mol. The first-order chi connectivity index (χ1) is 17.8. The predicted molar refractivity (Wildman–Crippen MR) is 147 cm³/mol. The van der Waals surface area contributed by atoms with Gasteiger partial charge >= 0.3 is 0 Å². The topological polar surface area (TPSA) is 109 Å². The number of amides is 1. The minimum absolute atomic E-state index is 0.113. The molecule has 0 saturated heterocycles. The Morgan fingerprint density at radius 1 is 1.08 bits per heavy atom. The molecule has 4 aromatic rings. The van der Waals surface area contributed by atoms with Crippen molar-refractivity contribution in [3.63, 3.8) is 0 Å². The van der Waals surface area contributed by atoms with Gasteiger partial charge in [0.25, 0.3) is 5.69 Å². The number of nitrogens with zero attached hydrogens (tertiary/aromatic N) is 3. The molecule has 0 radical (unpaired) electrons. The maximum atomic E-state index is 13.1. The number of nitrogens with one attached hydrogen (secondary N) is 1. The Morgan fingerprint density at radius 2 is 1.78 bits per heavy atom. The third-order valence-electron chi connectivity index (χ3n) is 5.67. The van der Waals surface area contributed by atoms with Gasteiger partial charge in [0, 0.05) is 28.3 Å². The van der Waals surface area contributed by atoms with E-state index in [1.165, 1.54) is 12.1 Å². The van der Waals surface area contributed by atoms with Crippen LogP contribution in [0.15, 0.2) is 83.9 Å². The number of pyridine rings is 1. The van der Waals surface area contributed by atoms with Crippen LogP contribution in [0.3, 0.4) is 0 Å². The number of hydrogen-bond donors (Lipinski definition) is 1. The lowest BCUT2D eigenvalue weighted by Crippen LogP contribution is -2.23. The van der Waals surface area contributed by atoms with Gasteiger partial charge in [0.05, 0.1) is 27.1 Å². The van der Waals surface area contributed by atoms with Gasteiger partial charge < -0.3 is 5.32 Å². The number of thioether (sulfide) groups is 1. The van der Waals surface area contributed by atoms with E-state index in [1.54, 1.807) is 32.0 Å². The summed E-state index contributed by atoms with van der Waals surface area (Å²) in [5.74, 6) is -0.363. The first kappa shape index (κ1) is 25.9. The maximum absolute atomic E-state index is 13.1. The highest BCUT2D eigenvalue weighted by Gasteiger charge is 2.22. The average Bonchev–Trinajstić information content (AvgIpc) is 2.90. The summed E-state index contributed by atoms with van der Waals surface area (Å²) >= 11 is 7.23. The zero-order chi connectivity index (χ0) is 26.5. The summed E-state index contributed by atoms with van der Waals surface area (Å²) in [4.78, 5) is 28.5. The molecule has 1 aromatic heterocycles. The van der Waals surface area contributed by atoms with Gasteiger partial charge in [-0.05, 0) is 43.2 Å². The maximum Gasteiger partial charge on any atom is 0.271 e. The van der Waals surface area contributed by atoms with Crippen molar-refractivity contribution in [1.29, 1.82) is 5.26 Å². The molecule has 0 bridgehead atoms. The molecule has 3 aromatic carbocycles. The second-order valence-corrected chi connectivity index (χ2v) is 9.99. The number of carbonyl (C=O) groups is 1. The second-order valence-electron chi connectivity index (χ2n) is 8.23. The third kappa shape index (κ3) is 5.97. The Hall–Kier alpha value is -4.19. The lowest BCUT2D eigenvalue weighted by atomic mass is 9.99. The fraction of sp³-hybridized carbons (Fsp3) is 0.107. The molecule has 184 valence electrons. The van der Waals surface area contributed by atoms with Crippen molar-refractivity contribution >= 4 is 40.6 Å². The second kappa shape index (κ2) is 11.2. The van der Waals surface area contributed by atoms with E-state index < -0.39 is 10.2 Å². The van der Waals surface area contributed by atoms with Gasteiger partial charge in [0.1, 0.15) is 11.1 Å². The smallest absolute Gasteiger partial charge is 0.271 e. The number of nitro groups is 1. The summed E-state index contributed by atoms with van der Waals surface area (Å²) in [5, 5.41) is 24.4. The Labute approximate surface area is 223 Å². The molecule has 1 atom stereocenters. The Morgan fingerprint density at radius 3 is 2.43 bits per heavy atom. The lowest BCUT2D eigenvalue weighted by Gasteiger charge is -2.16. The summed E-state index contributed by atoms with van der Waals surface area (Å²) in [6.07, 6.45) is 0. The number of rotatable bonds is 7. The highest BCUT2D eigenvalue weighted by Crippen LogP contribution is 2.36. The van der Waals surface area contributed by atoms with E-state index in [1.807, 2.05) is 48.5 Å². The van der Waals surface area contributed by atoms with Crippen molar-refractivity contribution < 1.29 is 9.72 Å². The van der Waals surface area contributed by atoms with Crippen LogP contribution in [-0.2, 0) is 4.79 Å². The van der Waals surface area contributed by atoms with Crippen molar-refractivity contribution in [2.24, 2.45) is 0 Å². The molecule has 1 amide bonds. The number of halogens is 1. The zero-order valence-electron chi connectivity index (χ0n) is 19.9. The third-order valence-corrected chi connectivity index (χ3v) is 7.01. The van der Waals surface area contributed by atoms with Crippen LogP contribution in [0.4, 0.5) is 11.4 Å². The molecule has 1 N–H and O–H groups in total. The van der Waals surface area contributed by atoms with Gasteiger partial charge in [0.2, 0.25) is 5.91 Å². The van der Waals surface area contributed by atoms with Gasteiger partial charge in [-0.2, -0.15) is 5.26 Å². The van der Waals surface area contributed by atoms with Crippen LogP contribution in [0.25, 0.3) is 22.4 Å². The van der Waals surface area contributed by atoms with Crippen molar-refractivity contribution in [2.45, 2.75) is 24.1 Å². The Kier molecular flexibility index (Phi) is 7.87. The molecule has 7 nitrogen and oxygen atoms in total. The average molecular weight is 529 g/mol. The Bertz CT molecular complexity index is 1520. The van der Waals surface area contributed by atoms with E-state index in [-0.39, 0.29) is 11.6 Å². The number of non-ortho nitro benzene ring substituents is 1. The molecule has 0 aliphatic heterocycles. The molecule has 1 heterocycles. The van der Waals surface area contributed by atoms with Crippen LogP contribution in [0.5, 0.6) is 0 Å². The lowest BCUT2D eigenvalue weighted by molar-refractivity contribution is -0.384. The molecule has 0 fully saturated rings. The highest BCUT2D eigenvalue weighted by molar-refractivity contribution is 8.00. The predicted octanol–water partition coefficient (Wildman–Crippen LogP) is 7.28. The largest absolute Gasteiger partial charge is 0.325 e. The van der Waals surface area contributed by atoms with Crippen LogP contribution in [-0.4, -0.2) is 21.1 Å². The SMILES string of the molecule is Cc1ccc([N+](=O)[O-])cc1NC(=O)C(C)Sc1nc(-c2ccccc2)cc(-c2ccc(Cl)cc2)c1C#N. The van der Waals surface area contributed by atoms with E-state index in [9.17, 15) is 20.2 Å². The number of benzene rings is 3. The van der Waals surface area contributed by atoms with Gasteiger partial charge in [-0.3, -0.25) is 14.9 Å². The molecule has 4 rings (SSSR count). The van der Waals surface area contributed by atoms with E-state index in [0.29, 0.717) is 38.1 Å². The first-order valence-electron chi connectivity index (χ1n) is 11.3. The van der Waals surface area contributed by atoms with Crippen molar-refractivity contribution in [3.8, 4) is 28.5 Å². The number of nitro benzene ring substituents is 1. The molecular formula is C28H21ClN4O3S. The van der Waals surface area contributed by atoms with Crippen LogP contribution >= 0.6 is 23.4 Å². The van der Waals surface area contributed by atoms with Crippen molar-refractivity contribution in [2.75, 3.05) is 5.32 Å². The molecule has 1 unspecified atom stereocenters. The van der Waals surface area contributed by atoms with Gasteiger partial charge in [-0.15, -0.1) is 0 Å². The van der Waals surface area contributed by atoms with Gasteiger partial charge in [-0.25, -0.2) is 4.98 Å². The summed E-state index contributed by atoms with van der Waals surface area (Å²) in [5.41, 5.74) is 4.30. The minimum atomic E-state index is -0.651. The van der Waals surface area contributed by atoms with Crippen LogP contribution in [0, 0.1) is 28.4 Å².